The Morgan fingerprint density at radius 1 is 1.53 bits per heavy atom. The van der Waals surface area contributed by atoms with Gasteiger partial charge >= 0.3 is 0 Å². The van der Waals surface area contributed by atoms with Crippen LogP contribution in [0.3, 0.4) is 0 Å². The fourth-order valence-electron chi connectivity index (χ4n) is 2.40. The van der Waals surface area contributed by atoms with Crippen LogP contribution in [0.15, 0.2) is 24.4 Å². The summed E-state index contributed by atoms with van der Waals surface area (Å²) < 4.78 is 5.48. The molecule has 17 heavy (non-hydrogen) atoms. The molecule has 2 N–H and O–H groups in total. The molecule has 0 saturated carbocycles. The van der Waals surface area contributed by atoms with E-state index < -0.39 is 0 Å². The van der Waals surface area contributed by atoms with Gasteiger partial charge in [-0.15, -0.1) is 0 Å². The first kappa shape index (κ1) is 12.5. The monoisotopic (exact) mass is 235 g/mol. The van der Waals surface area contributed by atoms with Crippen LogP contribution in [0.1, 0.15) is 12.1 Å². The van der Waals surface area contributed by atoms with Crippen LogP contribution in [0, 0.1) is 5.41 Å². The number of ether oxygens (including phenoxy) is 1. The molecular weight excluding hydrogens is 214 g/mol. The minimum absolute atomic E-state index is 0.142. The molecule has 0 aliphatic carbocycles. The number of hydrogen-bond acceptors (Lipinski definition) is 4. The number of nitrogens with zero attached hydrogens (tertiary/aromatic N) is 2. The fraction of sp³-hybridized carbons (Fsp3) is 0.615. The van der Waals surface area contributed by atoms with E-state index in [1.807, 2.05) is 18.3 Å². The van der Waals surface area contributed by atoms with Gasteiger partial charge in [0.05, 0.1) is 12.3 Å². The zero-order valence-corrected chi connectivity index (χ0v) is 10.4. The second-order valence-corrected chi connectivity index (χ2v) is 5.00. The van der Waals surface area contributed by atoms with Crippen molar-refractivity contribution in [1.82, 2.24) is 9.88 Å². The van der Waals surface area contributed by atoms with Crippen molar-refractivity contribution >= 4 is 0 Å². The van der Waals surface area contributed by atoms with Gasteiger partial charge in [0, 0.05) is 37.9 Å². The molecule has 1 unspecified atom stereocenters. The third-order valence-electron chi connectivity index (χ3n) is 3.38. The maximum atomic E-state index is 5.89. The number of hydrogen-bond donors (Lipinski definition) is 1. The summed E-state index contributed by atoms with van der Waals surface area (Å²) in [6, 6.07) is 6.01. The maximum absolute atomic E-state index is 5.89. The van der Waals surface area contributed by atoms with Crippen LogP contribution in [0.25, 0.3) is 0 Å². The van der Waals surface area contributed by atoms with Gasteiger partial charge in [0.2, 0.25) is 0 Å². The Kier molecular flexibility index (Phi) is 4.10. The molecule has 0 aromatic carbocycles. The van der Waals surface area contributed by atoms with Crippen molar-refractivity contribution in [3.8, 4) is 0 Å². The molecule has 1 aliphatic heterocycles. The van der Waals surface area contributed by atoms with Gasteiger partial charge in [0.25, 0.3) is 0 Å². The van der Waals surface area contributed by atoms with Crippen molar-refractivity contribution in [3.63, 3.8) is 0 Å². The van der Waals surface area contributed by atoms with Crippen molar-refractivity contribution in [2.24, 2.45) is 11.1 Å². The van der Waals surface area contributed by atoms with E-state index in [0.29, 0.717) is 6.54 Å². The van der Waals surface area contributed by atoms with Crippen molar-refractivity contribution in [2.45, 2.75) is 13.0 Å². The van der Waals surface area contributed by atoms with Crippen molar-refractivity contribution in [2.75, 3.05) is 33.4 Å². The summed E-state index contributed by atoms with van der Waals surface area (Å²) in [5.41, 5.74) is 7.13. The molecular formula is C13H21N3O. The molecule has 1 saturated heterocycles. The van der Waals surface area contributed by atoms with Gasteiger partial charge in [-0.1, -0.05) is 6.07 Å². The summed E-state index contributed by atoms with van der Waals surface area (Å²) in [5, 5.41) is 0. The highest BCUT2D eigenvalue weighted by Crippen LogP contribution is 2.28. The lowest BCUT2D eigenvalue weighted by Gasteiger charge is -2.30. The zero-order valence-electron chi connectivity index (χ0n) is 10.4. The second kappa shape index (κ2) is 5.58. The molecule has 1 fully saturated rings. The fourth-order valence-corrected chi connectivity index (χ4v) is 2.40. The molecule has 0 spiro atoms. The summed E-state index contributed by atoms with van der Waals surface area (Å²) in [6.07, 6.45) is 2.90. The third kappa shape index (κ3) is 3.25. The molecule has 4 nitrogen and oxygen atoms in total. The van der Waals surface area contributed by atoms with Gasteiger partial charge in [0.15, 0.2) is 0 Å². The van der Waals surface area contributed by atoms with Crippen LogP contribution in [-0.4, -0.2) is 43.2 Å². The van der Waals surface area contributed by atoms with Gasteiger partial charge in [-0.25, -0.2) is 0 Å². The largest absolute Gasteiger partial charge is 0.381 e. The lowest BCUT2D eigenvalue weighted by Crippen LogP contribution is -2.41. The van der Waals surface area contributed by atoms with Crippen LogP contribution in [0.5, 0.6) is 0 Å². The van der Waals surface area contributed by atoms with E-state index in [0.717, 1.165) is 38.4 Å². The smallest absolute Gasteiger partial charge is 0.0547 e. The number of aromatic nitrogens is 1. The van der Waals surface area contributed by atoms with Crippen LogP contribution < -0.4 is 5.73 Å². The molecule has 1 aromatic heterocycles. The summed E-state index contributed by atoms with van der Waals surface area (Å²) in [4.78, 5) is 6.62. The quantitative estimate of drug-likeness (QED) is 0.823. The van der Waals surface area contributed by atoms with E-state index >= 15 is 0 Å². The van der Waals surface area contributed by atoms with Gasteiger partial charge in [-0.2, -0.15) is 0 Å². The first-order valence-corrected chi connectivity index (χ1v) is 6.10. The molecule has 0 radical (unpaired) electrons. The molecule has 4 heteroatoms. The molecule has 0 bridgehead atoms. The molecule has 2 heterocycles. The highest BCUT2D eigenvalue weighted by molar-refractivity contribution is 5.03. The van der Waals surface area contributed by atoms with E-state index in [4.69, 9.17) is 10.5 Å². The summed E-state index contributed by atoms with van der Waals surface area (Å²) in [5.74, 6) is 0. The minimum atomic E-state index is 0.142. The topological polar surface area (TPSA) is 51.4 Å². The first-order chi connectivity index (χ1) is 8.24. The van der Waals surface area contributed by atoms with E-state index in [-0.39, 0.29) is 5.41 Å². The van der Waals surface area contributed by atoms with Crippen molar-refractivity contribution in [1.29, 1.82) is 0 Å². The Morgan fingerprint density at radius 2 is 2.41 bits per heavy atom. The predicted molar refractivity (Wildman–Crippen MR) is 67.5 cm³/mol. The molecule has 0 amide bonds. The molecule has 94 valence electrons. The Balaban J connectivity index is 1.90. The SMILES string of the molecule is CN(Cc1ccccn1)CC1(CN)CCOC1. The van der Waals surface area contributed by atoms with Gasteiger partial charge in [0.1, 0.15) is 0 Å². The van der Waals surface area contributed by atoms with Crippen LogP contribution >= 0.6 is 0 Å². The standard InChI is InChI=1S/C13H21N3O/c1-16(8-12-4-2-3-6-15-12)10-13(9-14)5-7-17-11-13/h2-4,6H,5,7-11,14H2,1H3. The molecule has 1 aromatic rings. The average molecular weight is 235 g/mol. The zero-order chi connectivity index (χ0) is 12.1. The predicted octanol–water partition coefficient (Wildman–Crippen LogP) is 0.879. The number of rotatable bonds is 5. The van der Waals surface area contributed by atoms with E-state index in [1.165, 1.54) is 0 Å². The highest BCUT2D eigenvalue weighted by atomic mass is 16.5. The third-order valence-corrected chi connectivity index (χ3v) is 3.38. The van der Waals surface area contributed by atoms with Gasteiger partial charge in [-0.05, 0) is 25.6 Å². The van der Waals surface area contributed by atoms with Crippen LogP contribution in [0.4, 0.5) is 0 Å². The first-order valence-electron chi connectivity index (χ1n) is 6.10. The van der Waals surface area contributed by atoms with Crippen LogP contribution in [0.2, 0.25) is 0 Å². The molecule has 2 rings (SSSR count). The Morgan fingerprint density at radius 3 is 3.00 bits per heavy atom. The Bertz CT molecular complexity index is 336. The lowest BCUT2D eigenvalue weighted by atomic mass is 9.87. The highest BCUT2D eigenvalue weighted by Gasteiger charge is 2.34. The lowest BCUT2D eigenvalue weighted by molar-refractivity contribution is 0.122. The van der Waals surface area contributed by atoms with Gasteiger partial charge < -0.3 is 10.5 Å². The summed E-state index contributed by atoms with van der Waals surface area (Å²) in [6.45, 7) is 4.16. The molecule has 1 aliphatic rings. The van der Waals surface area contributed by atoms with E-state index in [2.05, 4.69) is 23.0 Å². The van der Waals surface area contributed by atoms with Gasteiger partial charge in [-0.3, -0.25) is 9.88 Å². The summed E-state index contributed by atoms with van der Waals surface area (Å²) in [7, 11) is 2.12. The molecule has 1 atom stereocenters. The Labute approximate surface area is 103 Å². The number of pyridine rings is 1. The number of nitrogens with two attached hydrogens (primary N) is 1. The normalized spacial score (nSPS) is 24.4. The van der Waals surface area contributed by atoms with E-state index in [1.54, 1.807) is 0 Å². The second-order valence-electron chi connectivity index (χ2n) is 5.00. The minimum Gasteiger partial charge on any atom is -0.381 e. The maximum Gasteiger partial charge on any atom is 0.0547 e. The van der Waals surface area contributed by atoms with Crippen molar-refractivity contribution in [3.05, 3.63) is 30.1 Å². The summed E-state index contributed by atoms with van der Waals surface area (Å²) >= 11 is 0. The van der Waals surface area contributed by atoms with E-state index in [9.17, 15) is 0 Å². The Hall–Kier alpha value is -0.970. The van der Waals surface area contributed by atoms with Crippen LogP contribution in [-0.2, 0) is 11.3 Å². The average Bonchev–Trinajstić information content (AvgIpc) is 2.79. The van der Waals surface area contributed by atoms with Crippen molar-refractivity contribution < 1.29 is 4.74 Å².